The third-order valence-corrected chi connectivity index (χ3v) is 1.56. The van der Waals surface area contributed by atoms with Gasteiger partial charge in [0.25, 0.3) is 4.92 Å². The van der Waals surface area contributed by atoms with Gasteiger partial charge < -0.3 is 4.74 Å². The van der Waals surface area contributed by atoms with E-state index in [1.54, 1.807) is 13.0 Å². The summed E-state index contributed by atoms with van der Waals surface area (Å²) in [5.74, 6) is -0.881. The lowest BCUT2D eigenvalue weighted by molar-refractivity contribution is -0.758. The number of methoxy groups -OCH3 is 1. The molecule has 0 N–H and O–H groups in total. The van der Waals surface area contributed by atoms with Crippen LogP contribution in [0.15, 0.2) is 35.8 Å². The van der Waals surface area contributed by atoms with Crippen LogP contribution in [0.25, 0.3) is 0 Å². The largest absolute Gasteiger partial charge is 0.465 e. The molecule has 0 rings (SSSR count). The predicted octanol–water partition coefficient (Wildman–Crippen LogP) is 1.81. The molecule has 0 aliphatic carbocycles. The first-order valence-corrected chi connectivity index (χ1v) is 4.35. The number of ether oxygens (including phenoxy) is 1. The zero-order chi connectivity index (χ0) is 12.6. The van der Waals surface area contributed by atoms with E-state index in [4.69, 9.17) is 0 Å². The van der Waals surface area contributed by atoms with Gasteiger partial charge in [-0.05, 0) is 6.92 Å². The van der Waals surface area contributed by atoms with Crippen LogP contribution in [0.4, 0.5) is 4.39 Å². The molecule has 6 heteroatoms. The standard InChI is InChI=1S/C10H13FNO4/c1-4-5-9(12(14)16-3)6-8(7-11)10(13)15-2/h4-7H,1-3H3/q+1/b5-4-,8-7-,9-6+. The molecule has 0 unspecified atom stereocenters. The average Bonchev–Trinajstić information content (AvgIpc) is 2.32. The second-order valence-electron chi connectivity index (χ2n) is 2.56. The molecular formula is C10H13FNO4+. The summed E-state index contributed by atoms with van der Waals surface area (Å²) in [6, 6.07) is 0. The second-order valence-corrected chi connectivity index (χ2v) is 2.56. The fourth-order valence-electron chi connectivity index (χ4n) is 0.850. The maximum atomic E-state index is 12.4. The van der Waals surface area contributed by atoms with Gasteiger partial charge in [-0.15, -0.1) is 0 Å². The van der Waals surface area contributed by atoms with Crippen molar-refractivity contribution in [1.82, 2.24) is 0 Å². The first-order valence-electron chi connectivity index (χ1n) is 4.35. The van der Waals surface area contributed by atoms with Gasteiger partial charge in [0.1, 0.15) is 6.33 Å². The number of carbonyl (C=O) groups is 1. The Morgan fingerprint density at radius 2 is 2.00 bits per heavy atom. The van der Waals surface area contributed by atoms with E-state index in [0.717, 1.165) is 20.3 Å². The van der Waals surface area contributed by atoms with Crippen molar-refractivity contribution in [3.63, 3.8) is 0 Å². The van der Waals surface area contributed by atoms with Crippen molar-refractivity contribution in [1.29, 1.82) is 0 Å². The highest BCUT2D eigenvalue weighted by Gasteiger charge is 2.19. The molecule has 0 atom stereocenters. The first kappa shape index (κ1) is 14.0. The van der Waals surface area contributed by atoms with E-state index in [0.29, 0.717) is 0 Å². The molecule has 0 radical (unpaired) electrons. The van der Waals surface area contributed by atoms with Gasteiger partial charge in [-0.25, -0.2) is 14.0 Å². The molecule has 16 heavy (non-hydrogen) atoms. The fraction of sp³-hybridized carbons (Fsp3) is 0.300. The summed E-state index contributed by atoms with van der Waals surface area (Å²) < 4.78 is 16.7. The van der Waals surface area contributed by atoms with Crippen molar-refractivity contribution >= 4 is 5.97 Å². The van der Waals surface area contributed by atoms with Gasteiger partial charge in [0, 0.05) is 12.2 Å². The Morgan fingerprint density at radius 1 is 1.38 bits per heavy atom. The Labute approximate surface area is 92.4 Å². The third-order valence-electron chi connectivity index (χ3n) is 1.56. The number of carbonyl (C=O) groups excluding carboxylic acids is 1. The summed E-state index contributed by atoms with van der Waals surface area (Å²) in [5.41, 5.74) is -0.409. The van der Waals surface area contributed by atoms with Crippen LogP contribution in [-0.4, -0.2) is 25.1 Å². The highest BCUT2D eigenvalue weighted by Crippen LogP contribution is 2.08. The van der Waals surface area contributed by atoms with E-state index in [9.17, 15) is 14.1 Å². The molecule has 0 saturated heterocycles. The zero-order valence-electron chi connectivity index (χ0n) is 9.27. The van der Waals surface area contributed by atoms with Gasteiger partial charge in [-0.2, -0.15) is 0 Å². The van der Waals surface area contributed by atoms with Crippen LogP contribution < -0.4 is 0 Å². The van der Waals surface area contributed by atoms with Gasteiger partial charge in [-0.1, -0.05) is 6.08 Å². The molecule has 0 spiro atoms. The maximum absolute atomic E-state index is 12.4. The average molecular weight is 230 g/mol. The lowest BCUT2D eigenvalue weighted by atomic mass is 10.2. The number of hydrogen-bond donors (Lipinski definition) is 0. The predicted molar refractivity (Wildman–Crippen MR) is 54.7 cm³/mol. The monoisotopic (exact) mass is 230 g/mol. The van der Waals surface area contributed by atoms with Crippen molar-refractivity contribution < 1.29 is 23.7 Å². The number of nitrogens with zero attached hydrogens (tertiary/aromatic N) is 1. The van der Waals surface area contributed by atoms with E-state index >= 15 is 0 Å². The minimum atomic E-state index is -0.881. The lowest BCUT2D eigenvalue weighted by Gasteiger charge is -1.96. The summed E-state index contributed by atoms with van der Waals surface area (Å²) in [6.45, 7) is 1.66. The number of rotatable bonds is 5. The fourth-order valence-corrected chi connectivity index (χ4v) is 0.850. The Bertz CT molecular complexity index is 358. The van der Waals surface area contributed by atoms with Crippen LogP contribution in [0.5, 0.6) is 0 Å². The van der Waals surface area contributed by atoms with Crippen molar-refractivity contribution in [3.8, 4) is 0 Å². The van der Waals surface area contributed by atoms with Crippen molar-refractivity contribution in [3.05, 3.63) is 40.7 Å². The summed E-state index contributed by atoms with van der Waals surface area (Å²) in [4.78, 5) is 26.7. The Morgan fingerprint density at radius 3 is 2.38 bits per heavy atom. The molecule has 0 aliphatic rings. The third kappa shape index (κ3) is 4.04. The van der Waals surface area contributed by atoms with E-state index in [1.165, 1.54) is 6.08 Å². The van der Waals surface area contributed by atoms with Crippen molar-refractivity contribution in [2.75, 3.05) is 14.2 Å². The molecule has 0 aromatic heterocycles. The molecule has 0 aromatic rings. The van der Waals surface area contributed by atoms with Crippen LogP contribution in [0.3, 0.4) is 0 Å². The van der Waals surface area contributed by atoms with Crippen LogP contribution in [-0.2, 0) is 14.4 Å². The summed E-state index contributed by atoms with van der Waals surface area (Å²) in [5, 5.41) is 0. The number of allylic oxidation sites excluding steroid dienone is 2. The molecule has 0 bridgehead atoms. The Balaban J connectivity index is 5.18. The quantitative estimate of drug-likeness (QED) is 0.313. The SMILES string of the molecule is C\C=C/C(=C\C(=C\F)C(=O)OC)[N+](=O)OC. The number of esters is 1. The normalized spacial score (nSPS) is 12.8. The van der Waals surface area contributed by atoms with E-state index in [-0.39, 0.29) is 22.5 Å². The molecule has 0 saturated carbocycles. The van der Waals surface area contributed by atoms with Gasteiger partial charge in [0.15, 0.2) is 7.11 Å². The van der Waals surface area contributed by atoms with E-state index in [2.05, 4.69) is 9.57 Å². The summed E-state index contributed by atoms with van der Waals surface area (Å²) >= 11 is 0. The van der Waals surface area contributed by atoms with Crippen LogP contribution in [0, 0.1) is 4.91 Å². The van der Waals surface area contributed by atoms with Crippen LogP contribution in [0.1, 0.15) is 6.92 Å². The zero-order valence-corrected chi connectivity index (χ0v) is 9.27. The molecule has 0 fully saturated rings. The van der Waals surface area contributed by atoms with Crippen LogP contribution in [0.2, 0.25) is 0 Å². The highest BCUT2D eigenvalue weighted by molar-refractivity contribution is 5.91. The minimum absolute atomic E-state index is 0.0284. The van der Waals surface area contributed by atoms with Gasteiger partial charge in [-0.3, -0.25) is 0 Å². The molecule has 0 aliphatic heterocycles. The second kappa shape index (κ2) is 7.33. The first-order chi connectivity index (χ1) is 7.60. The topological polar surface area (TPSA) is 55.6 Å². The van der Waals surface area contributed by atoms with Crippen LogP contribution >= 0.6 is 0 Å². The maximum Gasteiger partial charge on any atom is 0.340 e. The van der Waals surface area contributed by atoms with Gasteiger partial charge >= 0.3 is 11.7 Å². The summed E-state index contributed by atoms with van der Waals surface area (Å²) in [6.07, 6.45) is 3.98. The van der Waals surface area contributed by atoms with E-state index in [1.807, 2.05) is 0 Å². The molecule has 0 aromatic carbocycles. The Kier molecular flexibility index (Phi) is 6.42. The molecule has 5 nitrogen and oxygen atoms in total. The lowest BCUT2D eigenvalue weighted by Crippen LogP contribution is -2.08. The number of halogens is 1. The smallest absolute Gasteiger partial charge is 0.340 e. The summed E-state index contributed by atoms with van der Waals surface area (Å²) in [7, 11) is 2.27. The molecular weight excluding hydrogens is 217 g/mol. The number of hydrogen-bond acceptors (Lipinski definition) is 4. The van der Waals surface area contributed by atoms with Gasteiger partial charge in [0.05, 0.1) is 17.6 Å². The molecule has 88 valence electrons. The highest BCUT2D eigenvalue weighted by atomic mass is 19.1. The van der Waals surface area contributed by atoms with Crippen molar-refractivity contribution in [2.45, 2.75) is 6.92 Å². The molecule has 0 heterocycles. The van der Waals surface area contributed by atoms with Gasteiger partial charge in [0.2, 0.25) is 0 Å². The Hall–Kier alpha value is -1.98. The minimum Gasteiger partial charge on any atom is -0.465 e. The van der Waals surface area contributed by atoms with Crippen molar-refractivity contribution in [2.24, 2.45) is 0 Å². The molecule has 0 amide bonds. The van der Waals surface area contributed by atoms with E-state index < -0.39 is 5.97 Å².